The molecule has 102 valence electrons. The van der Waals surface area contributed by atoms with Gasteiger partial charge in [-0.3, -0.25) is 0 Å². The van der Waals surface area contributed by atoms with Crippen molar-refractivity contribution in [3.05, 3.63) is 23.3 Å². The fourth-order valence-corrected chi connectivity index (χ4v) is 1.43. The third-order valence-electron chi connectivity index (χ3n) is 2.14. The van der Waals surface area contributed by atoms with Gasteiger partial charge in [0.25, 0.3) is 0 Å². The van der Waals surface area contributed by atoms with Crippen LogP contribution in [0.25, 0.3) is 0 Å². The Morgan fingerprint density at radius 1 is 1.42 bits per heavy atom. The summed E-state index contributed by atoms with van der Waals surface area (Å²) in [6.07, 6.45) is 0. The second kappa shape index (κ2) is 6.54. The standard InChI is InChI=1S/C12H11F2NO4/c1-3-18-11(16)8-5-4-7(6-15)9(10(8)17-2)19-12(13)14/h4-5,12H,3H2,1-2H3. The number of hydrogen-bond donors (Lipinski definition) is 0. The number of esters is 1. The van der Waals surface area contributed by atoms with E-state index < -0.39 is 18.3 Å². The summed E-state index contributed by atoms with van der Waals surface area (Å²) in [5.41, 5.74) is -0.246. The molecule has 0 heterocycles. The largest absolute Gasteiger partial charge is 0.492 e. The summed E-state index contributed by atoms with van der Waals surface area (Å²) >= 11 is 0. The van der Waals surface area contributed by atoms with Crippen molar-refractivity contribution in [3.8, 4) is 17.6 Å². The van der Waals surface area contributed by atoms with Crippen LogP contribution in [0.5, 0.6) is 11.5 Å². The van der Waals surface area contributed by atoms with Gasteiger partial charge >= 0.3 is 12.6 Å². The zero-order valence-corrected chi connectivity index (χ0v) is 10.3. The zero-order chi connectivity index (χ0) is 14.4. The van der Waals surface area contributed by atoms with Crippen LogP contribution in [0.4, 0.5) is 8.78 Å². The lowest BCUT2D eigenvalue weighted by Gasteiger charge is -2.14. The van der Waals surface area contributed by atoms with E-state index in [1.807, 2.05) is 0 Å². The molecule has 0 saturated carbocycles. The van der Waals surface area contributed by atoms with Crippen molar-refractivity contribution in [3.63, 3.8) is 0 Å². The van der Waals surface area contributed by atoms with Crippen molar-refractivity contribution < 1.29 is 27.8 Å². The fraction of sp³-hybridized carbons (Fsp3) is 0.333. The van der Waals surface area contributed by atoms with Gasteiger partial charge in [-0.2, -0.15) is 14.0 Å². The quantitative estimate of drug-likeness (QED) is 0.769. The van der Waals surface area contributed by atoms with Gasteiger partial charge in [0.1, 0.15) is 11.6 Å². The molecule has 0 unspecified atom stereocenters. The van der Waals surface area contributed by atoms with Crippen LogP contribution < -0.4 is 9.47 Å². The molecule has 7 heteroatoms. The topological polar surface area (TPSA) is 68.6 Å². The Kier molecular flexibility index (Phi) is 5.06. The molecule has 0 aliphatic carbocycles. The van der Waals surface area contributed by atoms with E-state index in [1.54, 1.807) is 13.0 Å². The maximum Gasteiger partial charge on any atom is 0.387 e. The number of halogens is 2. The van der Waals surface area contributed by atoms with Gasteiger partial charge in [0, 0.05) is 0 Å². The van der Waals surface area contributed by atoms with Crippen molar-refractivity contribution >= 4 is 5.97 Å². The second-order valence-corrected chi connectivity index (χ2v) is 3.23. The molecule has 5 nitrogen and oxygen atoms in total. The number of rotatable bonds is 5. The summed E-state index contributed by atoms with van der Waals surface area (Å²) < 4.78 is 38.5. The van der Waals surface area contributed by atoms with Crippen LogP contribution in [0.15, 0.2) is 12.1 Å². The lowest BCUT2D eigenvalue weighted by Crippen LogP contribution is -2.11. The SMILES string of the molecule is CCOC(=O)c1ccc(C#N)c(OC(F)F)c1OC. The van der Waals surface area contributed by atoms with E-state index in [1.165, 1.54) is 19.2 Å². The van der Waals surface area contributed by atoms with E-state index in [-0.39, 0.29) is 23.5 Å². The predicted molar refractivity (Wildman–Crippen MR) is 60.3 cm³/mol. The van der Waals surface area contributed by atoms with E-state index in [0.717, 1.165) is 0 Å². The van der Waals surface area contributed by atoms with E-state index >= 15 is 0 Å². The zero-order valence-electron chi connectivity index (χ0n) is 10.3. The molecule has 0 aromatic heterocycles. The lowest BCUT2D eigenvalue weighted by molar-refractivity contribution is -0.0515. The van der Waals surface area contributed by atoms with Gasteiger partial charge < -0.3 is 14.2 Å². The molecule has 0 aliphatic rings. The number of nitriles is 1. The molecular formula is C12H11F2NO4. The van der Waals surface area contributed by atoms with Crippen LogP contribution in [0.3, 0.4) is 0 Å². The Balaban J connectivity index is 3.36. The third kappa shape index (κ3) is 3.31. The molecular weight excluding hydrogens is 260 g/mol. The Hall–Kier alpha value is -2.36. The monoisotopic (exact) mass is 271 g/mol. The van der Waals surface area contributed by atoms with Crippen molar-refractivity contribution in [2.45, 2.75) is 13.5 Å². The van der Waals surface area contributed by atoms with Gasteiger partial charge in [-0.05, 0) is 19.1 Å². The lowest BCUT2D eigenvalue weighted by atomic mass is 10.1. The minimum atomic E-state index is -3.14. The number of carbonyl (C=O) groups is 1. The third-order valence-corrected chi connectivity index (χ3v) is 2.14. The van der Waals surface area contributed by atoms with Crippen LogP contribution >= 0.6 is 0 Å². The highest BCUT2D eigenvalue weighted by Crippen LogP contribution is 2.36. The van der Waals surface area contributed by atoms with Crippen LogP contribution in [-0.4, -0.2) is 26.3 Å². The number of alkyl halides is 2. The Morgan fingerprint density at radius 3 is 2.58 bits per heavy atom. The number of ether oxygens (including phenoxy) is 3. The molecule has 0 amide bonds. The van der Waals surface area contributed by atoms with Gasteiger partial charge in [-0.25, -0.2) is 4.79 Å². The van der Waals surface area contributed by atoms with E-state index in [0.29, 0.717) is 0 Å². The second-order valence-electron chi connectivity index (χ2n) is 3.23. The molecule has 0 atom stereocenters. The molecule has 0 fully saturated rings. The summed E-state index contributed by atoms with van der Waals surface area (Å²) in [6, 6.07) is 4.13. The summed E-state index contributed by atoms with van der Waals surface area (Å²) in [6.45, 7) is -1.42. The number of benzene rings is 1. The van der Waals surface area contributed by atoms with E-state index in [2.05, 4.69) is 4.74 Å². The summed E-state index contributed by atoms with van der Waals surface area (Å²) in [4.78, 5) is 11.6. The normalized spacial score (nSPS) is 9.89. The van der Waals surface area contributed by atoms with Gasteiger partial charge in [0.15, 0.2) is 11.5 Å². The van der Waals surface area contributed by atoms with Gasteiger partial charge in [0.05, 0.1) is 19.3 Å². The number of nitrogens with zero attached hydrogens (tertiary/aromatic N) is 1. The molecule has 1 rings (SSSR count). The average molecular weight is 271 g/mol. The molecule has 0 aliphatic heterocycles. The first-order chi connectivity index (χ1) is 9.04. The van der Waals surface area contributed by atoms with Crippen LogP contribution in [0.1, 0.15) is 22.8 Å². The van der Waals surface area contributed by atoms with Crippen molar-refractivity contribution in [1.29, 1.82) is 5.26 Å². The Morgan fingerprint density at radius 2 is 2.11 bits per heavy atom. The number of methoxy groups -OCH3 is 1. The molecule has 0 radical (unpaired) electrons. The van der Waals surface area contributed by atoms with E-state index in [4.69, 9.17) is 14.7 Å². The molecule has 0 spiro atoms. The Bertz CT molecular complexity index is 511. The highest BCUT2D eigenvalue weighted by molar-refractivity contribution is 5.94. The maximum absolute atomic E-state index is 12.3. The Labute approximate surface area is 108 Å². The maximum atomic E-state index is 12.3. The first-order valence-electron chi connectivity index (χ1n) is 5.28. The van der Waals surface area contributed by atoms with Crippen molar-refractivity contribution in [1.82, 2.24) is 0 Å². The van der Waals surface area contributed by atoms with Crippen molar-refractivity contribution in [2.75, 3.05) is 13.7 Å². The molecule has 0 saturated heterocycles. The van der Waals surface area contributed by atoms with Crippen LogP contribution in [-0.2, 0) is 4.74 Å². The minimum absolute atomic E-state index is 0.0843. The molecule has 1 aromatic carbocycles. The van der Waals surface area contributed by atoms with Gasteiger partial charge in [0.2, 0.25) is 0 Å². The number of carbonyl (C=O) groups excluding carboxylic acids is 1. The number of hydrogen-bond acceptors (Lipinski definition) is 5. The highest BCUT2D eigenvalue weighted by Gasteiger charge is 2.23. The summed E-state index contributed by atoms with van der Waals surface area (Å²) in [5, 5.41) is 8.84. The summed E-state index contributed by atoms with van der Waals surface area (Å²) in [7, 11) is 1.18. The van der Waals surface area contributed by atoms with E-state index in [9.17, 15) is 13.6 Å². The average Bonchev–Trinajstić information content (AvgIpc) is 2.37. The first kappa shape index (κ1) is 14.7. The smallest absolute Gasteiger partial charge is 0.387 e. The highest BCUT2D eigenvalue weighted by atomic mass is 19.3. The molecule has 0 bridgehead atoms. The first-order valence-corrected chi connectivity index (χ1v) is 5.28. The van der Waals surface area contributed by atoms with Gasteiger partial charge in [-0.15, -0.1) is 0 Å². The van der Waals surface area contributed by atoms with Gasteiger partial charge in [-0.1, -0.05) is 0 Å². The summed E-state index contributed by atoms with van der Waals surface area (Å²) in [5.74, 6) is -1.48. The predicted octanol–water partition coefficient (Wildman–Crippen LogP) is 2.34. The molecule has 0 N–H and O–H groups in total. The minimum Gasteiger partial charge on any atom is -0.492 e. The fourth-order valence-electron chi connectivity index (χ4n) is 1.43. The molecule has 1 aromatic rings. The van der Waals surface area contributed by atoms with Crippen LogP contribution in [0.2, 0.25) is 0 Å². The molecule has 19 heavy (non-hydrogen) atoms. The van der Waals surface area contributed by atoms with Crippen molar-refractivity contribution in [2.24, 2.45) is 0 Å². The van der Waals surface area contributed by atoms with Crippen LogP contribution in [0, 0.1) is 11.3 Å².